The van der Waals surface area contributed by atoms with E-state index in [4.69, 9.17) is 9.84 Å². The molecule has 0 aromatic heterocycles. The van der Waals surface area contributed by atoms with Gasteiger partial charge in [-0.15, -0.1) is 0 Å². The summed E-state index contributed by atoms with van der Waals surface area (Å²) in [6.45, 7) is 5.55. The number of likely N-dealkylation sites (N-methyl/N-ethyl adjacent to an activating group) is 1. The molecule has 0 aliphatic heterocycles. The molecule has 3 saturated carbocycles. The molecule has 3 aliphatic carbocycles. The summed E-state index contributed by atoms with van der Waals surface area (Å²) in [5.41, 5.74) is 0.185. The minimum atomic E-state index is -0.793. The van der Waals surface area contributed by atoms with Crippen molar-refractivity contribution in [3.05, 3.63) is 0 Å². The lowest BCUT2D eigenvalue weighted by atomic mass is 9.50. The Kier molecular flexibility index (Phi) is 5.77. The van der Waals surface area contributed by atoms with Crippen molar-refractivity contribution in [2.45, 2.75) is 76.6 Å². The van der Waals surface area contributed by atoms with Gasteiger partial charge >= 0.3 is 12.0 Å². The molecule has 148 valence electrons. The molecule has 3 aliphatic rings. The molecule has 0 radical (unpaired) electrons. The smallest absolute Gasteiger partial charge is 0.317 e. The van der Waals surface area contributed by atoms with E-state index in [1.807, 2.05) is 30.7 Å². The number of nitrogens with one attached hydrogen (secondary N) is 1. The van der Waals surface area contributed by atoms with Gasteiger partial charge in [-0.05, 0) is 45.6 Å². The second kappa shape index (κ2) is 7.72. The van der Waals surface area contributed by atoms with Crippen LogP contribution in [-0.2, 0) is 9.53 Å². The Morgan fingerprint density at radius 1 is 1.23 bits per heavy atom. The van der Waals surface area contributed by atoms with E-state index in [9.17, 15) is 9.59 Å². The number of carboxylic acid groups (broad SMARTS) is 1. The largest absolute Gasteiger partial charge is 0.480 e. The number of hydrogen-bond donors (Lipinski definition) is 2. The molecule has 0 saturated heterocycles. The van der Waals surface area contributed by atoms with E-state index in [0.29, 0.717) is 6.10 Å². The Morgan fingerprint density at radius 2 is 1.92 bits per heavy atom. The SMILES string of the molecule is CCOC1CC(N(C)C(=O)NC2CC(N(CC)CC(=O)O)C2)C12CCC2. The zero-order valence-corrected chi connectivity index (χ0v) is 16.2. The first-order chi connectivity index (χ1) is 12.4. The number of nitrogens with zero attached hydrogens (tertiary/aromatic N) is 2. The summed E-state index contributed by atoms with van der Waals surface area (Å²) in [5.74, 6) is -0.793. The zero-order valence-electron chi connectivity index (χ0n) is 16.2. The van der Waals surface area contributed by atoms with Crippen LogP contribution >= 0.6 is 0 Å². The summed E-state index contributed by atoms with van der Waals surface area (Å²) in [4.78, 5) is 27.4. The van der Waals surface area contributed by atoms with E-state index in [-0.39, 0.29) is 36.1 Å². The third-order valence-electron chi connectivity index (χ3n) is 6.88. The van der Waals surface area contributed by atoms with Crippen molar-refractivity contribution in [1.29, 1.82) is 0 Å². The van der Waals surface area contributed by atoms with Gasteiger partial charge < -0.3 is 20.1 Å². The van der Waals surface area contributed by atoms with E-state index in [1.165, 1.54) is 6.42 Å². The Balaban J connectivity index is 1.45. The summed E-state index contributed by atoms with van der Waals surface area (Å²) >= 11 is 0. The van der Waals surface area contributed by atoms with Crippen molar-refractivity contribution in [3.8, 4) is 0 Å². The standard InChI is InChI=1S/C19H33N3O4/c1-4-22(12-17(23)24)14-9-13(10-14)20-18(25)21(3)15-11-16(26-5-2)19(15)7-6-8-19/h13-16H,4-12H2,1-3H3,(H,20,25)(H,23,24). The van der Waals surface area contributed by atoms with Crippen LogP contribution in [0.15, 0.2) is 0 Å². The maximum absolute atomic E-state index is 12.7. The van der Waals surface area contributed by atoms with E-state index < -0.39 is 5.97 Å². The lowest BCUT2D eigenvalue weighted by Crippen LogP contribution is -2.69. The van der Waals surface area contributed by atoms with Crippen LogP contribution in [0.1, 0.15) is 52.4 Å². The number of aliphatic carboxylic acids is 1. The van der Waals surface area contributed by atoms with Gasteiger partial charge in [0, 0.05) is 37.2 Å². The van der Waals surface area contributed by atoms with Gasteiger partial charge in [-0.1, -0.05) is 13.3 Å². The zero-order chi connectivity index (χ0) is 18.9. The Morgan fingerprint density at radius 3 is 2.42 bits per heavy atom. The minimum Gasteiger partial charge on any atom is -0.480 e. The molecule has 26 heavy (non-hydrogen) atoms. The average molecular weight is 367 g/mol. The molecule has 3 rings (SSSR count). The predicted molar refractivity (Wildman–Crippen MR) is 98.1 cm³/mol. The number of rotatable bonds is 8. The molecule has 3 fully saturated rings. The van der Waals surface area contributed by atoms with Gasteiger partial charge in [-0.2, -0.15) is 0 Å². The van der Waals surface area contributed by atoms with Crippen LogP contribution in [0.4, 0.5) is 4.79 Å². The number of amides is 2. The number of hydrogen-bond acceptors (Lipinski definition) is 4. The fourth-order valence-corrected chi connectivity index (χ4v) is 5.04. The highest BCUT2D eigenvalue weighted by molar-refractivity contribution is 5.75. The van der Waals surface area contributed by atoms with Crippen molar-refractivity contribution < 1.29 is 19.4 Å². The number of ether oxygens (including phenoxy) is 1. The summed E-state index contributed by atoms with van der Waals surface area (Å²) in [6, 6.07) is 0.692. The maximum Gasteiger partial charge on any atom is 0.317 e. The second-order valence-electron chi connectivity index (χ2n) is 8.12. The van der Waals surface area contributed by atoms with Crippen LogP contribution in [0.5, 0.6) is 0 Å². The van der Waals surface area contributed by atoms with E-state index >= 15 is 0 Å². The number of carboxylic acids is 1. The Hall–Kier alpha value is -1.34. The molecular formula is C19H33N3O4. The first kappa shape index (κ1) is 19.4. The van der Waals surface area contributed by atoms with Crippen molar-refractivity contribution >= 4 is 12.0 Å². The van der Waals surface area contributed by atoms with E-state index in [0.717, 1.165) is 45.3 Å². The van der Waals surface area contributed by atoms with Gasteiger partial charge in [0.15, 0.2) is 0 Å². The van der Waals surface area contributed by atoms with Crippen molar-refractivity contribution in [1.82, 2.24) is 15.1 Å². The molecule has 2 amide bonds. The molecule has 0 heterocycles. The van der Waals surface area contributed by atoms with Crippen LogP contribution in [0.2, 0.25) is 0 Å². The van der Waals surface area contributed by atoms with Crippen molar-refractivity contribution in [2.24, 2.45) is 5.41 Å². The Labute approximate surface area is 156 Å². The van der Waals surface area contributed by atoms with Crippen molar-refractivity contribution in [3.63, 3.8) is 0 Å². The van der Waals surface area contributed by atoms with Crippen LogP contribution in [0, 0.1) is 5.41 Å². The van der Waals surface area contributed by atoms with Gasteiger partial charge in [0.05, 0.1) is 12.6 Å². The predicted octanol–water partition coefficient (Wildman–Crippen LogP) is 1.91. The highest BCUT2D eigenvalue weighted by Gasteiger charge is 2.61. The molecule has 7 nitrogen and oxygen atoms in total. The molecule has 2 N–H and O–H groups in total. The van der Waals surface area contributed by atoms with E-state index in [1.54, 1.807) is 0 Å². The van der Waals surface area contributed by atoms with Gasteiger partial charge in [0.25, 0.3) is 0 Å². The highest BCUT2D eigenvalue weighted by Crippen LogP contribution is 2.58. The first-order valence-corrected chi connectivity index (χ1v) is 10.0. The molecule has 0 bridgehead atoms. The first-order valence-electron chi connectivity index (χ1n) is 10.0. The summed E-state index contributed by atoms with van der Waals surface area (Å²) in [7, 11) is 1.90. The van der Waals surface area contributed by atoms with Gasteiger partial charge in [-0.25, -0.2) is 4.79 Å². The molecule has 2 unspecified atom stereocenters. The number of urea groups is 1. The third kappa shape index (κ3) is 3.43. The Bertz CT molecular complexity index is 531. The molecular weight excluding hydrogens is 334 g/mol. The summed E-state index contributed by atoms with van der Waals surface area (Å²) in [5, 5.41) is 12.1. The van der Waals surface area contributed by atoms with Crippen molar-refractivity contribution in [2.75, 3.05) is 26.7 Å². The summed E-state index contributed by atoms with van der Waals surface area (Å²) < 4.78 is 5.88. The van der Waals surface area contributed by atoms with Gasteiger partial charge in [0.1, 0.15) is 0 Å². The lowest BCUT2D eigenvalue weighted by Gasteiger charge is -2.63. The van der Waals surface area contributed by atoms with Crippen LogP contribution in [0.3, 0.4) is 0 Å². The second-order valence-corrected chi connectivity index (χ2v) is 8.12. The van der Waals surface area contributed by atoms with Gasteiger partial charge in [0.2, 0.25) is 0 Å². The van der Waals surface area contributed by atoms with Crippen LogP contribution in [-0.4, -0.2) is 77.9 Å². The quantitative estimate of drug-likeness (QED) is 0.685. The maximum atomic E-state index is 12.7. The van der Waals surface area contributed by atoms with Crippen LogP contribution in [0.25, 0.3) is 0 Å². The minimum absolute atomic E-state index is 0.000886. The lowest BCUT2D eigenvalue weighted by molar-refractivity contribution is -0.192. The summed E-state index contributed by atoms with van der Waals surface area (Å²) in [6.07, 6.45) is 6.46. The fourth-order valence-electron chi connectivity index (χ4n) is 5.04. The number of carbonyl (C=O) groups excluding carboxylic acids is 1. The highest BCUT2D eigenvalue weighted by atomic mass is 16.5. The van der Waals surface area contributed by atoms with E-state index in [2.05, 4.69) is 5.32 Å². The topological polar surface area (TPSA) is 82.1 Å². The van der Waals surface area contributed by atoms with Gasteiger partial charge in [-0.3, -0.25) is 9.69 Å². The third-order valence-corrected chi connectivity index (χ3v) is 6.88. The molecule has 0 aromatic rings. The van der Waals surface area contributed by atoms with Crippen LogP contribution < -0.4 is 5.32 Å². The monoisotopic (exact) mass is 367 g/mol. The normalized spacial score (nSPS) is 31.7. The average Bonchev–Trinajstić information content (AvgIpc) is 2.49. The molecule has 0 aromatic carbocycles. The fraction of sp³-hybridized carbons (Fsp3) is 0.895. The molecule has 7 heteroatoms. The molecule has 1 spiro atoms. The number of carbonyl (C=O) groups is 2. The molecule has 2 atom stereocenters.